The van der Waals surface area contributed by atoms with Crippen molar-refractivity contribution >= 4 is 85.3 Å². The molecule has 0 radical (unpaired) electrons. The standard InChI is InChI=1S/C15H16I3NO4.Na/c1-2-8(15(21)22)5-9-10(16)6-11(17)14(13(9)18)19-3-4-23-7-12(19)20;/h6,8H,2-5,7H2,1H3,(H,21,22);/q;+1/p-1. The van der Waals surface area contributed by atoms with E-state index in [1.807, 2.05) is 13.0 Å². The molecule has 1 unspecified atom stereocenters. The molecule has 24 heavy (non-hydrogen) atoms. The number of aliphatic carboxylic acids is 1. The Labute approximate surface area is 204 Å². The van der Waals surface area contributed by atoms with E-state index in [-0.39, 0.29) is 42.1 Å². The van der Waals surface area contributed by atoms with Crippen molar-refractivity contribution in [2.75, 3.05) is 24.7 Å². The first-order valence-electron chi connectivity index (χ1n) is 7.12. The van der Waals surface area contributed by atoms with Gasteiger partial charge in [0.1, 0.15) is 6.61 Å². The third kappa shape index (κ3) is 5.41. The summed E-state index contributed by atoms with van der Waals surface area (Å²) in [5, 5.41) is 11.3. The van der Waals surface area contributed by atoms with E-state index in [0.717, 1.165) is 22.0 Å². The SMILES string of the molecule is CCC(Cc1c(I)cc(I)c(N2CCOCC2=O)c1I)C(=O)[O-].[Na+]. The quantitative estimate of drug-likeness (QED) is 0.303. The molecule has 1 aromatic rings. The largest absolute Gasteiger partial charge is 1.00 e. The number of hydrogen-bond donors (Lipinski definition) is 0. The van der Waals surface area contributed by atoms with E-state index in [4.69, 9.17) is 4.74 Å². The minimum atomic E-state index is -1.03. The second-order valence-electron chi connectivity index (χ2n) is 5.21. The van der Waals surface area contributed by atoms with Crippen molar-refractivity contribution in [3.05, 3.63) is 22.3 Å². The van der Waals surface area contributed by atoms with Gasteiger partial charge in [-0.3, -0.25) is 4.79 Å². The summed E-state index contributed by atoms with van der Waals surface area (Å²) in [7, 11) is 0. The van der Waals surface area contributed by atoms with Gasteiger partial charge < -0.3 is 19.5 Å². The third-order valence-electron chi connectivity index (χ3n) is 3.77. The number of hydrogen-bond acceptors (Lipinski definition) is 4. The Balaban J connectivity index is 0.00000288. The maximum absolute atomic E-state index is 12.2. The summed E-state index contributed by atoms with van der Waals surface area (Å²) in [4.78, 5) is 25.2. The zero-order valence-electron chi connectivity index (χ0n) is 13.4. The van der Waals surface area contributed by atoms with Gasteiger partial charge in [-0.2, -0.15) is 0 Å². The number of carboxylic acid groups (broad SMARTS) is 1. The molecule has 1 fully saturated rings. The smallest absolute Gasteiger partial charge is 0.550 e. The number of halogens is 3. The summed E-state index contributed by atoms with van der Waals surface area (Å²) in [5.41, 5.74) is 1.83. The topological polar surface area (TPSA) is 69.7 Å². The van der Waals surface area contributed by atoms with Crippen molar-refractivity contribution in [2.45, 2.75) is 19.8 Å². The second-order valence-corrected chi connectivity index (χ2v) is 8.61. The van der Waals surface area contributed by atoms with Crippen LogP contribution in [0.25, 0.3) is 0 Å². The minimum Gasteiger partial charge on any atom is -0.550 e. The fourth-order valence-electron chi connectivity index (χ4n) is 2.45. The molecule has 0 saturated carbocycles. The molecule has 1 aliphatic heterocycles. The van der Waals surface area contributed by atoms with Gasteiger partial charge in [-0.25, -0.2) is 0 Å². The van der Waals surface area contributed by atoms with Crippen LogP contribution in [-0.2, 0) is 20.7 Å². The number of morpholine rings is 1. The molecule has 0 aliphatic carbocycles. The normalized spacial score (nSPS) is 15.8. The zero-order valence-corrected chi connectivity index (χ0v) is 21.9. The number of carbonyl (C=O) groups excluding carboxylic acids is 2. The molecule has 1 aromatic carbocycles. The number of ether oxygens (including phenoxy) is 1. The van der Waals surface area contributed by atoms with E-state index in [1.165, 1.54) is 0 Å². The first-order valence-corrected chi connectivity index (χ1v) is 10.4. The number of anilines is 1. The van der Waals surface area contributed by atoms with Crippen LogP contribution >= 0.6 is 67.8 Å². The van der Waals surface area contributed by atoms with E-state index in [2.05, 4.69) is 67.8 Å². The second kappa shape index (κ2) is 10.6. The van der Waals surface area contributed by atoms with E-state index in [0.29, 0.717) is 26.0 Å². The van der Waals surface area contributed by atoms with Gasteiger partial charge in [0.2, 0.25) is 0 Å². The van der Waals surface area contributed by atoms with Crippen LogP contribution in [0.3, 0.4) is 0 Å². The van der Waals surface area contributed by atoms with Crippen LogP contribution in [0.15, 0.2) is 6.07 Å². The molecule has 5 nitrogen and oxygen atoms in total. The predicted octanol–water partition coefficient (Wildman–Crippen LogP) is -0.814. The molecule has 0 spiro atoms. The van der Waals surface area contributed by atoms with E-state index < -0.39 is 11.9 Å². The molecule has 1 saturated heterocycles. The van der Waals surface area contributed by atoms with Crippen LogP contribution in [0.1, 0.15) is 18.9 Å². The van der Waals surface area contributed by atoms with Gasteiger partial charge in [-0.05, 0) is 92.2 Å². The van der Waals surface area contributed by atoms with Crippen molar-refractivity contribution in [1.82, 2.24) is 0 Å². The van der Waals surface area contributed by atoms with Crippen molar-refractivity contribution in [3.63, 3.8) is 0 Å². The average molecular weight is 677 g/mol. The Kier molecular flexibility index (Phi) is 10.3. The third-order valence-corrected chi connectivity index (χ3v) is 6.72. The number of amides is 1. The zero-order chi connectivity index (χ0) is 17.1. The summed E-state index contributed by atoms with van der Waals surface area (Å²) < 4.78 is 8.13. The molecule has 126 valence electrons. The van der Waals surface area contributed by atoms with Crippen molar-refractivity contribution in [3.8, 4) is 0 Å². The summed E-state index contributed by atoms with van der Waals surface area (Å²) in [5.74, 6) is -1.61. The van der Waals surface area contributed by atoms with Gasteiger partial charge >= 0.3 is 29.6 Å². The van der Waals surface area contributed by atoms with Crippen LogP contribution in [0.4, 0.5) is 5.69 Å². The van der Waals surface area contributed by atoms with Crippen LogP contribution in [0.5, 0.6) is 0 Å². The number of carbonyl (C=O) groups is 2. The molecule has 1 aliphatic rings. The molecule has 1 heterocycles. The predicted molar refractivity (Wildman–Crippen MR) is 110 cm³/mol. The molecular weight excluding hydrogens is 662 g/mol. The molecule has 2 rings (SSSR count). The fourth-order valence-corrected chi connectivity index (χ4v) is 6.84. The van der Waals surface area contributed by atoms with E-state index >= 15 is 0 Å². The van der Waals surface area contributed by atoms with Crippen molar-refractivity contribution in [1.29, 1.82) is 0 Å². The van der Waals surface area contributed by atoms with Gasteiger partial charge in [0.05, 0.1) is 12.3 Å². The Morgan fingerprint density at radius 3 is 2.58 bits per heavy atom. The number of rotatable bonds is 5. The van der Waals surface area contributed by atoms with Gasteiger partial charge in [-0.15, -0.1) is 0 Å². The average Bonchev–Trinajstić information content (AvgIpc) is 2.48. The minimum absolute atomic E-state index is 0. The van der Waals surface area contributed by atoms with Gasteiger partial charge in [0, 0.05) is 29.1 Å². The van der Waals surface area contributed by atoms with Crippen LogP contribution < -0.4 is 39.6 Å². The monoisotopic (exact) mass is 677 g/mol. The first kappa shape index (κ1) is 23.3. The van der Waals surface area contributed by atoms with Gasteiger partial charge in [-0.1, -0.05) is 6.92 Å². The van der Waals surface area contributed by atoms with Crippen LogP contribution in [-0.4, -0.2) is 31.6 Å². The molecule has 1 atom stereocenters. The molecule has 1 amide bonds. The number of nitrogens with zero attached hydrogens (tertiary/aromatic N) is 1. The summed E-state index contributed by atoms with van der Waals surface area (Å²) in [6, 6.07) is 2.00. The fraction of sp³-hybridized carbons (Fsp3) is 0.467. The molecule has 0 N–H and O–H groups in total. The number of carboxylic acids is 1. The van der Waals surface area contributed by atoms with E-state index in [9.17, 15) is 14.7 Å². The first-order chi connectivity index (χ1) is 10.9. The Hall–Kier alpha value is 1.31. The Bertz CT molecular complexity index is 642. The van der Waals surface area contributed by atoms with Crippen molar-refractivity contribution < 1.29 is 49.0 Å². The Morgan fingerprint density at radius 2 is 2.04 bits per heavy atom. The maximum Gasteiger partial charge on any atom is 1.00 e. The Morgan fingerprint density at radius 1 is 1.38 bits per heavy atom. The van der Waals surface area contributed by atoms with Crippen LogP contribution in [0.2, 0.25) is 0 Å². The summed E-state index contributed by atoms with van der Waals surface area (Å²) >= 11 is 6.67. The van der Waals surface area contributed by atoms with Gasteiger partial charge in [0.25, 0.3) is 5.91 Å². The maximum atomic E-state index is 12.2. The molecule has 0 aromatic heterocycles. The summed E-state index contributed by atoms with van der Waals surface area (Å²) in [6.07, 6.45) is 0.935. The van der Waals surface area contributed by atoms with Crippen molar-refractivity contribution in [2.24, 2.45) is 5.92 Å². The molecule has 9 heteroatoms. The molecule has 0 bridgehead atoms. The summed E-state index contributed by atoms with van der Waals surface area (Å²) in [6.45, 7) is 2.96. The van der Waals surface area contributed by atoms with Crippen LogP contribution in [0, 0.1) is 16.6 Å². The van der Waals surface area contributed by atoms with Gasteiger partial charge in [0.15, 0.2) is 0 Å². The number of benzene rings is 1. The molecular formula is C15H15I3NNaO4. The van der Waals surface area contributed by atoms with E-state index in [1.54, 1.807) is 4.90 Å².